The summed E-state index contributed by atoms with van der Waals surface area (Å²) in [6.45, 7) is 0.571. The van der Waals surface area contributed by atoms with Gasteiger partial charge in [0.1, 0.15) is 5.75 Å². The molecule has 0 amide bonds. The van der Waals surface area contributed by atoms with Crippen LogP contribution in [0.4, 0.5) is 0 Å². The topological polar surface area (TPSA) is 108 Å². The first kappa shape index (κ1) is 22.9. The van der Waals surface area contributed by atoms with Crippen molar-refractivity contribution in [3.05, 3.63) is 78.6 Å². The SMILES string of the molecule is O=C(O)CC/C=C\C[C@H]1CN(S(=O)(=O)c2cccc3cnccc23)C[C@@H]1c1ccccc1O. The molecule has 1 aliphatic heterocycles. The molecule has 172 valence electrons. The Morgan fingerprint density at radius 3 is 2.70 bits per heavy atom. The van der Waals surface area contributed by atoms with Gasteiger partial charge in [-0.3, -0.25) is 9.78 Å². The smallest absolute Gasteiger partial charge is 0.303 e. The highest BCUT2D eigenvalue weighted by atomic mass is 32.2. The second-order valence-corrected chi connectivity index (χ2v) is 10.1. The number of phenolic OH excluding ortho intramolecular Hbond substituents is 1. The molecule has 7 nitrogen and oxygen atoms in total. The standard InChI is InChI=1S/C25H26N2O5S/c28-23-10-5-4-9-21(23)22-17-27(16-19(22)7-2-1-3-12-25(29)30)33(31,32)24-11-6-8-18-15-26-14-13-20(18)24/h1-2,4-6,8-11,13-15,19,22,28H,3,7,12,16-17H2,(H,29,30)/b2-1-/t19-,22-/m0/s1. The normalized spacial score (nSPS) is 19.4. The molecule has 4 rings (SSSR count). The van der Waals surface area contributed by atoms with Crippen LogP contribution in [-0.4, -0.2) is 47.0 Å². The number of hydrogen-bond donors (Lipinski definition) is 2. The molecule has 3 aromatic rings. The number of allylic oxidation sites excluding steroid dienone is 2. The molecule has 1 aromatic heterocycles. The fourth-order valence-electron chi connectivity index (χ4n) is 4.47. The van der Waals surface area contributed by atoms with E-state index < -0.39 is 16.0 Å². The Morgan fingerprint density at radius 2 is 1.91 bits per heavy atom. The van der Waals surface area contributed by atoms with Crippen LogP contribution in [0.1, 0.15) is 30.7 Å². The summed E-state index contributed by atoms with van der Waals surface area (Å²) in [6, 6.07) is 13.9. The Kier molecular flexibility index (Phi) is 6.76. The number of aromatic hydroxyl groups is 1. The van der Waals surface area contributed by atoms with E-state index >= 15 is 0 Å². The van der Waals surface area contributed by atoms with Crippen LogP contribution in [-0.2, 0) is 14.8 Å². The fraction of sp³-hybridized carbons (Fsp3) is 0.280. The Balaban J connectivity index is 1.64. The van der Waals surface area contributed by atoms with Crippen molar-refractivity contribution in [3.63, 3.8) is 0 Å². The fourth-order valence-corrected chi connectivity index (χ4v) is 6.21. The average molecular weight is 467 g/mol. The van der Waals surface area contributed by atoms with E-state index in [-0.39, 0.29) is 35.4 Å². The molecule has 0 spiro atoms. The maximum absolute atomic E-state index is 13.7. The highest BCUT2D eigenvalue weighted by Gasteiger charge is 2.40. The number of rotatable bonds is 8. The molecule has 8 heteroatoms. The van der Waals surface area contributed by atoms with E-state index in [1.165, 1.54) is 4.31 Å². The summed E-state index contributed by atoms with van der Waals surface area (Å²) >= 11 is 0. The first-order valence-electron chi connectivity index (χ1n) is 10.9. The summed E-state index contributed by atoms with van der Waals surface area (Å²) in [6.07, 6.45) is 8.04. The van der Waals surface area contributed by atoms with E-state index in [4.69, 9.17) is 5.11 Å². The number of sulfonamides is 1. The van der Waals surface area contributed by atoms with Gasteiger partial charge in [-0.2, -0.15) is 4.31 Å². The third-order valence-electron chi connectivity index (χ3n) is 6.13. The van der Waals surface area contributed by atoms with Gasteiger partial charge in [0.15, 0.2) is 0 Å². The summed E-state index contributed by atoms with van der Waals surface area (Å²) in [5.74, 6) is -0.930. The summed E-state index contributed by atoms with van der Waals surface area (Å²) in [4.78, 5) is 15.1. The zero-order valence-corrected chi connectivity index (χ0v) is 18.9. The van der Waals surface area contributed by atoms with Gasteiger partial charge in [-0.15, -0.1) is 0 Å². The van der Waals surface area contributed by atoms with Gasteiger partial charge in [0, 0.05) is 48.6 Å². The number of carboxylic acid groups (broad SMARTS) is 1. The molecule has 0 saturated carbocycles. The second-order valence-electron chi connectivity index (χ2n) is 8.24. The summed E-state index contributed by atoms with van der Waals surface area (Å²) in [5.41, 5.74) is 0.723. The molecule has 1 aliphatic rings. The van der Waals surface area contributed by atoms with E-state index in [1.807, 2.05) is 30.4 Å². The number of nitrogens with zero attached hydrogens (tertiary/aromatic N) is 2. The molecule has 0 unspecified atom stereocenters. The van der Waals surface area contributed by atoms with Crippen LogP contribution < -0.4 is 0 Å². The summed E-state index contributed by atoms with van der Waals surface area (Å²) in [7, 11) is -3.78. The monoisotopic (exact) mass is 466 g/mol. The number of carboxylic acids is 1. The third kappa shape index (κ3) is 4.91. The van der Waals surface area contributed by atoms with Crippen LogP contribution in [0.5, 0.6) is 5.75 Å². The molecule has 2 atom stereocenters. The van der Waals surface area contributed by atoms with Gasteiger partial charge in [0.05, 0.1) is 4.90 Å². The van der Waals surface area contributed by atoms with E-state index in [1.54, 1.807) is 42.7 Å². The van der Waals surface area contributed by atoms with Crippen molar-refractivity contribution in [2.45, 2.75) is 30.1 Å². The predicted molar refractivity (Wildman–Crippen MR) is 125 cm³/mol. The zero-order valence-electron chi connectivity index (χ0n) is 18.0. The lowest BCUT2D eigenvalue weighted by molar-refractivity contribution is -0.136. The van der Waals surface area contributed by atoms with Crippen molar-refractivity contribution in [2.75, 3.05) is 13.1 Å². The quantitative estimate of drug-likeness (QED) is 0.483. The van der Waals surface area contributed by atoms with Crippen molar-refractivity contribution in [2.24, 2.45) is 5.92 Å². The number of aliphatic carboxylic acids is 1. The van der Waals surface area contributed by atoms with Crippen LogP contribution in [0.3, 0.4) is 0 Å². The number of carbonyl (C=O) groups is 1. The van der Waals surface area contributed by atoms with E-state index in [0.717, 1.165) is 10.9 Å². The highest BCUT2D eigenvalue weighted by Crippen LogP contribution is 2.41. The summed E-state index contributed by atoms with van der Waals surface area (Å²) < 4.78 is 28.8. The van der Waals surface area contributed by atoms with Gasteiger partial charge in [-0.25, -0.2) is 8.42 Å². The molecular formula is C25H26N2O5S. The van der Waals surface area contributed by atoms with Gasteiger partial charge in [0.2, 0.25) is 10.0 Å². The van der Waals surface area contributed by atoms with Crippen LogP contribution in [0.15, 0.2) is 78.0 Å². The largest absolute Gasteiger partial charge is 0.508 e. The Morgan fingerprint density at radius 1 is 1.09 bits per heavy atom. The van der Waals surface area contributed by atoms with Crippen LogP contribution >= 0.6 is 0 Å². The molecule has 0 aliphatic carbocycles. The van der Waals surface area contributed by atoms with Crippen LogP contribution in [0, 0.1) is 5.92 Å². The van der Waals surface area contributed by atoms with Crippen molar-refractivity contribution in [3.8, 4) is 5.75 Å². The van der Waals surface area contributed by atoms with Crippen LogP contribution in [0.2, 0.25) is 0 Å². The van der Waals surface area contributed by atoms with Crippen molar-refractivity contribution in [1.29, 1.82) is 0 Å². The molecular weight excluding hydrogens is 440 g/mol. The number of hydrogen-bond acceptors (Lipinski definition) is 5. The van der Waals surface area contributed by atoms with E-state index in [0.29, 0.717) is 24.8 Å². The lowest BCUT2D eigenvalue weighted by Crippen LogP contribution is -2.29. The first-order chi connectivity index (χ1) is 15.9. The molecule has 1 saturated heterocycles. The Hall–Kier alpha value is -3.23. The number of pyridine rings is 1. The maximum Gasteiger partial charge on any atom is 0.303 e. The lowest BCUT2D eigenvalue weighted by atomic mass is 9.86. The average Bonchev–Trinajstić information content (AvgIpc) is 3.23. The number of fused-ring (bicyclic) bond motifs is 1. The second kappa shape index (κ2) is 9.72. The number of phenols is 1. The van der Waals surface area contributed by atoms with E-state index in [2.05, 4.69) is 4.98 Å². The molecule has 0 radical (unpaired) electrons. The molecule has 33 heavy (non-hydrogen) atoms. The lowest BCUT2D eigenvalue weighted by Gasteiger charge is -2.18. The highest BCUT2D eigenvalue weighted by molar-refractivity contribution is 7.89. The van der Waals surface area contributed by atoms with Gasteiger partial charge in [-0.1, -0.05) is 42.5 Å². The molecule has 0 bridgehead atoms. The van der Waals surface area contributed by atoms with Gasteiger partial charge >= 0.3 is 5.97 Å². The molecule has 2 aromatic carbocycles. The molecule has 2 N–H and O–H groups in total. The van der Waals surface area contributed by atoms with E-state index in [9.17, 15) is 18.3 Å². The Bertz CT molecular complexity index is 1280. The van der Waals surface area contributed by atoms with Gasteiger partial charge in [0.25, 0.3) is 0 Å². The minimum absolute atomic E-state index is 0.0502. The third-order valence-corrected chi connectivity index (χ3v) is 8.02. The minimum atomic E-state index is -3.78. The summed E-state index contributed by atoms with van der Waals surface area (Å²) in [5, 5.41) is 20.6. The van der Waals surface area contributed by atoms with Crippen molar-refractivity contribution >= 4 is 26.8 Å². The van der Waals surface area contributed by atoms with Crippen molar-refractivity contribution in [1.82, 2.24) is 9.29 Å². The molecule has 1 fully saturated rings. The first-order valence-corrected chi connectivity index (χ1v) is 12.3. The Labute approximate surface area is 193 Å². The van der Waals surface area contributed by atoms with Crippen LogP contribution in [0.25, 0.3) is 10.8 Å². The minimum Gasteiger partial charge on any atom is -0.508 e. The predicted octanol–water partition coefficient (Wildman–Crippen LogP) is 4.16. The number of para-hydroxylation sites is 1. The molecule has 2 heterocycles. The maximum atomic E-state index is 13.7. The number of benzene rings is 2. The van der Waals surface area contributed by atoms with Crippen molar-refractivity contribution < 1.29 is 23.4 Å². The zero-order chi connectivity index (χ0) is 23.4. The van der Waals surface area contributed by atoms with Gasteiger partial charge in [-0.05, 0) is 42.5 Å². The number of aromatic nitrogens is 1. The van der Waals surface area contributed by atoms with Gasteiger partial charge < -0.3 is 10.2 Å².